The first kappa shape index (κ1) is 21.4. The van der Waals surface area contributed by atoms with Crippen LogP contribution in [0.3, 0.4) is 0 Å². The van der Waals surface area contributed by atoms with E-state index in [0.717, 1.165) is 24.3 Å². The summed E-state index contributed by atoms with van der Waals surface area (Å²) in [5, 5.41) is 12.7. The number of alkyl halides is 2. The van der Waals surface area contributed by atoms with Crippen LogP contribution in [0.25, 0.3) is 6.08 Å². The smallest absolute Gasteiger partial charge is 0.387 e. The van der Waals surface area contributed by atoms with Crippen molar-refractivity contribution in [3.63, 3.8) is 0 Å². The average Bonchev–Trinajstić information content (AvgIpc) is 2.67. The van der Waals surface area contributed by atoms with Crippen LogP contribution in [0.15, 0.2) is 48.5 Å². The lowest BCUT2D eigenvalue weighted by Gasteiger charge is -2.06. The Morgan fingerprint density at radius 3 is 2.48 bits per heavy atom. The molecule has 29 heavy (non-hydrogen) atoms. The number of nitro benzene ring substituents is 1. The second-order valence-electron chi connectivity index (χ2n) is 5.36. The molecule has 0 saturated carbocycles. The van der Waals surface area contributed by atoms with Crippen molar-refractivity contribution in [1.29, 1.82) is 0 Å². The summed E-state index contributed by atoms with van der Waals surface area (Å²) in [6.07, 6.45) is 2.30. The van der Waals surface area contributed by atoms with Gasteiger partial charge in [-0.15, -0.1) is 0 Å². The Morgan fingerprint density at radius 2 is 1.86 bits per heavy atom. The number of benzene rings is 2. The fraction of sp³-hybridized carbons (Fsp3) is 0.111. The number of nitrogens with one attached hydrogen (secondary N) is 1. The molecule has 0 bridgehead atoms. The number of nitro groups is 1. The number of carbonyl (C=O) groups is 2. The quantitative estimate of drug-likeness (QED) is 0.309. The van der Waals surface area contributed by atoms with Gasteiger partial charge in [0.2, 0.25) is 0 Å². The molecule has 11 heteroatoms. The highest BCUT2D eigenvalue weighted by atomic mass is 19.3. The first-order valence-corrected chi connectivity index (χ1v) is 7.88. The molecule has 0 unspecified atom stereocenters. The lowest BCUT2D eigenvalue weighted by molar-refractivity contribution is -0.384. The Labute approximate surface area is 161 Å². The molecule has 0 spiro atoms. The van der Waals surface area contributed by atoms with E-state index in [1.165, 1.54) is 30.3 Å². The van der Waals surface area contributed by atoms with Crippen LogP contribution in [-0.2, 0) is 14.3 Å². The third-order valence-corrected chi connectivity index (χ3v) is 3.30. The van der Waals surface area contributed by atoms with E-state index < -0.39 is 47.2 Å². The van der Waals surface area contributed by atoms with Crippen LogP contribution in [0, 0.1) is 15.9 Å². The summed E-state index contributed by atoms with van der Waals surface area (Å²) in [4.78, 5) is 33.3. The summed E-state index contributed by atoms with van der Waals surface area (Å²) in [6, 6.07) is 7.97. The average molecular weight is 410 g/mol. The van der Waals surface area contributed by atoms with Gasteiger partial charge in [-0.1, -0.05) is 12.1 Å². The number of non-ortho nitro benzene ring substituents is 1. The second-order valence-corrected chi connectivity index (χ2v) is 5.36. The summed E-state index contributed by atoms with van der Waals surface area (Å²) in [5.74, 6) is -2.74. The number of rotatable bonds is 8. The molecule has 0 aromatic heterocycles. The zero-order valence-electron chi connectivity index (χ0n) is 14.5. The van der Waals surface area contributed by atoms with E-state index in [-0.39, 0.29) is 5.75 Å². The highest BCUT2D eigenvalue weighted by molar-refractivity contribution is 5.94. The van der Waals surface area contributed by atoms with Crippen LogP contribution in [-0.4, -0.2) is 30.0 Å². The molecule has 2 aromatic rings. The standard InChI is InChI=1S/C18H13F3N2O6/c19-14-7-4-12(23(26)27)9-15(14)22-16(24)10-28-17(25)8-3-11-1-5-13(6-2-11)29-18(20)21/h1-9,18H,10H2,(H,22,24)/b8-3+. The predicted molar refractivity (Wildman–Crippen MR) is 94.8 cm³/mol. The molecule has 2 rings (SSSR count). The van der Waals surface area contributed by atoms with Crippen molar-refractivity contribution in [2.75, 3.05) is 11.9 Å². The summed E-state index contributed by atoms with van der Waals surface area (Å²) < 4.78 is 46.6. The predicted octanol–water partition coefficient (Wildman–Crippen LogP) is 3.53. The minimum atomic E-state index is -2.95. The monoisotopic (exact) mass is 410 g/mol. The van der Waals surface area contributed by atoms with E-state index in [9.17, 15) is 32.9 Å². The minimum Gasteiger partial charge on any atom is -0.452 e. The molecule has 8 nitrogen and oxygen atoms in total. The Bertz CT molecular complexity index is 932. The van der Waals surface area contributed by atoms with E-state index in [1.54, 1.807) is 0 Å². The Kier molecular flexibility index (Phi) is 7.29. The van der Waals surface area contributed by atoms with Crippen LogP contribution in [0.5, 0.6) is 5.75 Å². The number of carbonyl (C=O) groups excluding carboxylic acids is 2. The first-order valence-electron chi connectivity index (χ1n) is 7.88. The fourth-order valence-electron chi connectivity index (χ4n) is 2.02. The molecule has 0 aliphatic heterocycles. The molecule has 0 aliphatic rings. The summed E-state index contributed by atoms with van der Waals surface area (Å²) in [5.41, 5.74) is -0.375. The maximum absolute atomic E-state index is 13.6. The molecule has 0 heterocycles. The SMILES string of the molecule is O=C(COC(=O)/C=C/c1ccc(OC(F)F)cc1)Nc1cc([N+](=O)[O-])ccc1F. The number of nitrogens with zero attached hydrogens (tertiary/aromatic N) is 1. The number of hydrogen-bond acceptors (Lipinski definition) is 6. The molecular formula is C18H13F3N2O6. The molecule has 0 atom stereocenters. The van der Waals surface area contributed by atoms with Crippen molar-refractivity contribution in [1.82, 2.24) is 0 Å². The highest BCUT2D eigenvalue weighted by Crippen LogP contribution is 2.21. The molecule has 152 valence electrons. The van der Waals surface area contributed by atoms with Crippen LogP contribution in [0.2, 0.25) is 0 Å². The van der Waals surface area contributed by atoms with E-state index in [2.05, 4.69) is 14.8 Å². The van der Waals surface area contributed by atoms with E-state index in [1.807, 2.05) is 0 Å². The number of hydrogen-bond donors (Lipinski definition) is 1. The van der Waals surface area contributed by atoms with Crippen LogP contribution >= 0.6 is 0 Å². The minimum absolute atomic E-state index is 0.0511. The molecule has 0 aliphatic carbocycles. The van der Waals surface area contributed by atoms with Gasteiger partial charge in [0, 0.05) is 18.2 Å². The number of esters is 1. The zero-order valence-corrected chi connectivity index (χ0v) is 14.5. The Hall–Kier alpha value is -3.89. The topological polar surface area (TPSA) is 108 Å². The number of ether oxygens (including phenoxy) is 2. The molecule has 1 N–H and O–H groups in total. The third kappa shape index (κ3) is 6.97. The van der Waals surface area contributed by atoms with Gasteiger partial charge in [-0.2, -0.15) is 8.78 Å². The molecular weight excluding hydrogens is 397 g/mol. The summed E-state index contributed by atoms with van der Waals surface area (Å²) in [6.45, 7) is -3.71. The van der Waals surface area contributed by atoms with Gasteiger partial charge in [0.1, 0.15) is 11.6 Å². The second kappa shape index (κ2) is 9.88. The lowest BCUT2D eigenvalue weighted by Crippen LogP contribution is -2.20. The third-order valence-electron chi connectivity index (χ3n) is 3.30. The van der Waals surface area contributed by atoms with Crippen molar-refractivity contribution in [2.24, 2.45) is 0 Å². The van der Waals surface area contributed by atoms with Crippen molar-refractivity contribution in [3.8, 4) is 5.75 Å². The van der Waals surface area contributed by atoms with Gasteiger partial charge in [-0.25, -0.2) is 9.18 Å². The molecule has 0 saturated heterocycles. The van der Waals surface area contributed by atoms with Crippen LogP contribution in [0.1, 0.15) is 5.56 Å². The number of amides is 1. The van der Waals surface area contributed by atoms with Crippen molar-refractivity contribution < 1.29 is 37.2 Å². The van der Waals surface area contributed by atoms with Crippen LogP contribution in [0.4, 0.5) is 24.5 Å². The molecule has 0 radical (unpaired) electrons. The number of anilines is 1. The normalized spacial score (nSPS) is 10.8. The maximum atomic E-state index is 13.6. The number of halogens is 3. The van der Waals surface area contributed by atoms with Crippen molar-refractivity contribution >= 4 is 29.3 Å². The van der Waals surface area contributed by atoms with E-state index in [4.69, 9.17) is 0 Å². The largest absolute Gasteiger partial charge is 0.452 e. The summed E-state index contributed by atoms with van der Waals surface area (Å²) >= 11 is 0. The van der Waals surface area contributed by atoms with Crippen molar-refractivity contribution in [3.05, 3.63) is 70.0 Å². The first-order chi connectivity index (χ1) is 13.7. The lowest BCUT2D eigenvalue weighted by atomic mass is 10.2. The molecule has 0 fully saturated rings. The highest BCUT2D eigenvalue weighted by Gasteiger charge is 2.14. The van der Waals surface area contributed by atoms with Crippen molar-refractivity contribution in [2.45, 2.75) is 6.61 Å². The van der Waals surface area contributed by atoms with Gasteiger partial charge in [-0.05, 0) is 29.8 Å². The molecule has 1 amide bonds. The maximum Gasteiger partial charge on any atom is 0.387 e. The van der Waals surface area contributed by atoms with Gasteiger partial charge in [0.25, 0.3) is 11.6 Å². The van der Waals surface area contributed by atoms with Gasteiger partial charge < -0.3 is 14.8 Å². The van der Waals surface area contributed by atoms with E-state index in [0.29, 0.717) is 5.56 Å². The van der Waals surface area contributed by atoms with Gasteiger partial charge in [0.15, 0.2) is 6.61 Å². The van der Waals surface area contributed by atoms with Crippen LogP contribution < -0.4 is 10.1 Å². The van der Waals surface area contributed by atoms with Gasteiger partial charge in [0.05, 0.1) is 10.6 Å². The summed E-state index contributed by atoms with van der Waals surface area (Å²) in [7, 11) is 0. The Morgan fingerprint density at radius 1 is 1.17 bits per heavy atom. The van der Waals surface area contributed by atoms with Gasteiger partial charge in [-0.3, -0.25) is 14.9 Å². The fourth-order valence-corrected chi connectivity index (χ4v) is 2.02. The van der Waals surface area contributed by atoms with Gasteiger partial charge >= 0.3 is 12.6 Å². The zero-order chi connectivity index (χ0) is 21.4. The Balaban J connectivity index is 1.85. The van der Waals surface area contributed by atoms with E-state index >= 15 is 0 Å². The molecule has 2 aromatic carbocycles.